The molecule has 1 atom stereocenters. The standard InChI is InChI=1S/C12H20N2OS/c1-9(2)12(15)14-7-6-13-10(3)11-5-4-8-16-11/h4-5,8-10,13H,6-7H2,1-3H3,(H,14,15). The minimum absolute atomic E-state index is 0.0646. The number of amides is 1. The Bertz CT molecular complexity index is 309. The summed E-state index contributed by atoms with van der Waals surface area (Å²) in [6, 6.07) is 4.53. The molecule has 0 fully saturated rings. The van der Waals surface area contributed by atoms with Crippen LogP contribution >= 0.6 is 11.3 Å². The van der Waals surface area contributed by atoms with E-state index in [4.69, 9.17) is 0 Å². The summed E-state index contributed by atoms with van der Waals surface area (Å²) in [4.78, 5) is 12.6. The quantitative estimate of drug-likeness (QED) is 0.748. The van der Waals surface area contributed by atoms with Crippen LogP contribution in [0, 0.1) is 5.92 Å². The predicted octanol–water partition coefficient (Wildman–Crippen LogP) is 2.17. The van der Waals surface area contributed by atoms with Crippen LogP contribution in [-0.4, -0.2) is 19.0 Å². The third-order valence-corrected chi connectivity index (χ3v) is 3.42. The van der Waals surface area contributed by atoms with Crippen molar-refractivity contribution >= 4 is 17.2 Å². The van der Waals surface area contributed by atoms with Gasteiger partial charge in [0.2, 0.25) is 5.91 Å². The summed E-state index contributed by atoms with van der Waals surface area (Å²) >= 11 is 1.75. The van der Waals surface area contributed by atoms with E-state index in [1.807, 2.05) is 13.8 Å². The van der Waals surface area contributed by atoms with E-state index in [9.17, 15) is 4.79 Å². The van der Waals surface area contributed by atoms with E-state index < -0.39 is 0 Å². The Kier molecular flexibility index (Phi) is 5.49. The molecule has 0 radical (unpaired) electrons. The molecular formula is C12H20N2OS. The van der Waals surface area contributed by atoms with Gasteiger partial charge in [-0.3, -0.25) is 4.79 Å². The molecule has 0 saturated heterocycles. The average Bonchev–Trinajstić information content (AvgIpc) is 2.76. The van der Waals surface area contributed by atoms with Crippen molar-refractivity contribution in [3.63, 3.8) is 0 Å². The zero-order valence-corrected chi connectivity index (χ0v) is 10.9. The molecule has 0 aliphatic heterocycles. The number of hydrogen-bond donors (Lipinski definition) is 2. The van der Waals surface area contributed by atoms with Crippen LogP contribution in [0.25, 0.3) is 0 Å². The highest BCUT2D eigenvalue weighted by Crippen LogP contribution is 2.17. The van der Waals surface area contributed by atoms with Gasteiger partial charge in [-0.1, -0.05) is 19.9 Å². The van der Waals surface area contributed by atoms with E-state index in [0.717, 1.165) is 6.54 Å². The highest BCUT2D eigenvalue weighted by atomic mass is 32.1. The fourth-order valence-electron chi connectivity index (χ4n) is 1.32. The average molecular weight is 240 g/mol. The lowest BCUT2D eigenvalue weighted by atomic mass is 10.2. The Morgan fingerprint density at radius 1 is 1.38 bits per heavy atom. The molecule has 0 saturated carbocycles. The second kappa shape index (κ2) is 6.66. The normalized spacial score (nSPS) is 12.8. The van der Waals surface area contributed by atoms with Gasteiger partial charge >= 0.3 is 0 Å². The van der Waals surface area contributed by atoms with E-state index in [2.05, 4.69) is 35.1 Å². The lowest BCUT2D eigenvalue weighted by Gasteiger charge is -2.13. The monoisotopic (exact) mass is 240 g/mol. The Labute approximate surface area is 101 Å². The van der Waals surface area contributed by atoms with E-state index in [-0.39, 0.29) is 11.8 Å². The molecule has 0 spiro atoms. The Morgan fingerprint density at radius 3 is 2.69 bits per heavy atom. The third kappa shape index (κ3) is 4.33. The fraction of sp³-hybridized carbons (Fsp3) is 0.583. The second-order valence-electron chi connectivity index (χ2n) is 4.14. The highest BCUT2D eigenvalue weighted by molar-refractivity contribution is 7.10. The van der Waals surface area contributed by atoms with Gasteiger partial charge in [-0.25, -0.2) is 0 Å². The van der Waals surface area contributed by atoms with E-state index >= 15 is 0 Å². The van der Waals surface area contributed by atoms with Gasteiger partial charge in [0.25, 0.3) is 0 Å². The first-order valence-electron chi connectivity index (χ1n) is 5.65. The molecule has 4 heteroatoms. The number of rotatable bonds is 6. The molecule has 0 aliphatic rings. The zero-order chi connectivity index (χ0) is 12.0. The SMILES string of the molecule is CC(C)C(=O)NCCNC(C)c1cccs1. The molecule has 1 aromatic rings. The number of carbonyl (C=O) groups excluding carboxylic acids is 1. The molecule has 90 valence electrons. The van der Waals surface area contributed by atoms with Gasteiger partial charge < -0.3 is 10.6 Å². The molecule has 16 heavy (non-hydrogen) atoms. The summed E-state index contributed by atoms with van der Waals surface area (Å²) in [6.07, 6.45) is 0. The molecule has 0 bridgehead atoms. The van der Waals surface area contributed by atoms with E-state index in [1.54, 1.807) is 11.3 Å². The van der Waals surface area contributed by atoms with Crippen molar-refractivity contribution in [1.29, 1.82) is 0 Å². The zero-order valence-electron chi connectivity index (χ0n) is 10.1. The summed E-state index contributed by atoms with van der Waals surface area (Å²) < 4.78 is 0. The first-order chi connectivity index (χ1) is 7.61. The minimum Gasteiger partial charge on any atom is -0.355 e. The van der Waals surface area contributed by atoms with Crippen molar-refractivity contribution < 1.29 is 4.79 Å². The predicted molar refractivity (Wildman–Crippen MR) is 68.6 cm³/mol. The summed E-state index contributed by atoms with van der Waals surface area (Å²) in [5.41, 5.74) is 0. The highest BCUT2D eigenvalue weighted by Gasteiger charge is 2.07. The van der Waals surface area contributed by atoms with E-state index in [0.29, 0.717) is 12.6 Å². The topological polar surface area (TPSA) is 41.1 Å². The smallest absolute Gasteiger partial charge is 0.222 e. The van der Waals surface area contributed by atoms with Crippen LogP contribution in [0.3, 0.4) is 0 Å². The summed E-state index contributed by atoms with van der Waals surface area (Å²) in [5.74, 6) is 0.181. The lowest BCUT2D eigenvalue weighted by Crippen LogP contribution is -2.34. The Hall–Kier alpha value is -0.870. The molecule has 0 aromatic carbocycles. The van der Waals surface area contributed by atoms with Gasteiger partial charge in [-0.15, -0.1) is 11.3 Å². The molecule has 2 N–H and O–H groups in total. The molecule has 1 aromatic heterocycles. The maximum atomic E-state index is 11.3. The fourth-order valence-corrected chi connectivity index (χ4v) is 2.08. The van der Waals surface area contributed by atoms with Crippen LogP contribution in [0.2, 0.25) is 0 Å². The van der Waals surface area contributed by atoms with Crippen LogP contribution < -0.4 is 10.6 Å². The van der Waals surface area contributed by atoms with Gasteiger partial charge in [0, 0.05) is 29.9 Å². The van der Waals surface area contributed by atoms with Gasteiger partial charge in [0.1, 0.15) is 0 Å². The third-order valence-electron chi connectivity index (χ3n) is 2.37. The van der Waals surface area contributed by atoms with Crippen LogP contribution in [0.4, 0.5) is 0 Å². The van der Waals surface area contributed by atoms with Gasteiger partial charge in [-0.05, 0) is 18.4 Å². The number of nitrogens with one attached hydrogen (secondary N) is 2. The van der Waals surface area contributed by atoms with Crippen LogP contribution in [0.15, 0.2) is 17.5 Å². The van der Waals surface area contributed by atoms with Crippen molar-refractivity contribution in [3.8, 4) is 0 Å². The molecule has 1 heterocycles. The van der Waals surface area contributed by atoms with Gasteiger partial charge in [-0.2, -0.15) is 0 Å². The summed E-state index contributed by atoms with van der Waals surface area (Å²) in [6.45, 7) is 7.43. The summed E-state index contributed by atoms with van der Waals surface area (Å²) in [5, 5.41) is 8.34. The van der Waals surface area contributed by atoms with Crippen molar-refractivity contribution in [3.05, 3.63) is 22.4 Å². The van der Waals surface area contributed by atoms with Crippen molar-refractivity contribution in [2.24, 2.45) is 5.92 Å². The Morgan fingerprint density at radius 2 is 2.12 bits per heavy atom. The minimum atomic E-state index is 0.0646. The lowest BCUT2D eigenvalue weighted by molar-refractivity contribution is -0.123. The molecule has 1 unspecified atom stereocenters. The molecule has 0 aliphatic carbocycles. The molecule has 3 nitrogen and oxygen atoms in total. The number of hydrogen-bond acceptors (Lipinski definition) is 3. The largest absolute Gasteiger partial charge is 0.355 e. The molecule has 1 amide bonds. The Balaban J connectivity index is 2.14. The molecular weight excluding hydrogens is 220 g/mol. The van der Waals surface area contributed by atoms with Crippen LogP contribution in [0.5, 0.6) is 0 Å². The van der Waals surface area contributed by atoms with Crippen molar-refractivity contribution in [1.82, 2.24) is 10.6 Å². The van der Waals surface area contributed by atoms with Crippen LogP contribution in [0.1, 0.15) is 31.7 Å². The first kappa shape index (κ1) is 13.2. The maximum Gasteiger partial charge on any atom is 0.222 e. The van der Waals surface area contributed by atoms with Crippen LogP contribution in [-0.2, 0) is 4.79 Å². The van der Waals surface area contributed by atoms with Crippen molar-refractivity contribution in [2.75, 3.05) is 13.1 Å². The van der Waals surface area contributed by atoms with E-state index in [1.165, 1.54) is 4.88 Å². The number of carbonyl (C=O) groups is 1. The first-order valence-corrected chi connectivity index (χ1v) is 6.53. The molecule has 1 rings (SSSR count). The van der Waals surface area contributed by atoms with Gasteiger partial charge in [0.15, 0.2) is 0 Å². The van der Waals surface area contributed by atoms with Gasteiger partial charge in [0.05, 0.1) is 0 Å². The van der Waals surface area contributed by atoms with Crippen molar-refractivity contribution in [2.45, 2.75) is 26.8 Å². The number of thiophene rings is 1. The maximum absolute atomic E-state index is 11.3. The summed E-state index contributed by atoms with van der Waals surface area (Å²) in [7, 11) is 0. The second-order valence-corrected chi connectivity index (χ2v) is 5.12.